The Hall–Kier alpha value is -1.53. The van der Waals surface area contributed by atoms with Gasteiger partial charge >= 0.3 is 5.97 Å². The summed E-state index contributed by atoms with van der Waals surface area (Å²) in [6.07, 6.45) is 3.22. The smallest absolute Gasteiger partial charge is 0.306 e. The molecule has 1 rings (SSSR count). The van der Waals surface area contributed by atoms with E-state index in [2.05, 4.69) is 12.2 Å². The SMILES string of the molecule is CCCCN(/[N+]([O-])=N\O[C@@H]1CC[C@H](C(=O)O)C1)C(C)(C)C. The van der Waals surface area contributed by atoms with Crippen molar-refractivity contribution in [2.24, 2.45) is 11.2 Å². The Balaban J connectivity index is 2.59. The van der Waals surface area contributed by atoms with Gasteiger partial charge in [0, 0.05) is 6.42 Å². The topological polar surface area (TPSA) is 88.2 Å². The Morgan fingerprint density at radius 2 is 2.14 bits per heavy atom. The maximum Gasteiger partial charge on any atom is 0.306 e. The molecular formula is C14H27N3O4. The van der Waals surface area contributed by atoms with Crippen LogP contribution in [-0.2, 0) is 9.63 Å². The van der Waals surface area contributed by atoms with Gasteiger partial charge in [0.1, 0.15) is 6.10 Å². The van der Waals surface area contributed by atoms with Crippen LogP contribution in [0.4, 0.5) is 0 Å². The van der Waals surface area contributed by atoms with E-state index in [0.717, 1.165) is 12.8 Å². The number of hydrazine groups is 1. The molecule has 1 saturated carbocycles. The molecule has 7 nitrogen and oxygen atoms in total. The molecule has 1 aliphatic rings. The van der Waals surface area contributed by atoms with Crippen LogP contribution in [0.15, 0.2) is 5.28 Å². The number of carboxylic acids is 1. The summed E-state index contributed by atoms with van der Waals surface area (Å²) in [5, 5.41) is 26.3. The lowest BCUT2D eigenvalue weighted by molar-refractivity contribution is -0.726. The molecule has 0 spiro atoms. The second-order valence-electron chi connectivity index (χ2n) is 6.56. The van der Waals surface area contributed by atoms with Crippen LogP contribution in [0, 0.1) is 11.1 Å². The number of hydrogen-bond acceptors (Lipinski definition) is 4. The van der Waals surface area contributed by atoms with Crippen molar-refractivity contribution in [3.05, 3.63) is 5.21 Å². The van der Waals surface area contributed by atoms with Gasteiger partial charge in [-0.25, -0.2) is 0 Å². The lowest BCUT2D eigenvalue weighted by Gasteiger charge is -2.30. The van der Waals surface area contributed by atoms with E-state index in [9.17, 15) is 10.0 Å². The molecular weight excluding hydrogens is 274 g/mol. The summed E-state index contributed by atoms with van der Waals surface area (Å²) in [5.41, 5.74) is -0.344. The van der Waals surface area contributed by atoms with E-state index in [1.54, 1.807) is 5.01 Å². The van der Waals surface area contributed by atoms with Gasteiger partial charge in [0.15, 0.2) is 0 Å². The monoisotopic (exact) mass is 301 g/mol. The van der Waals surface area contributed by atoms with Crippen molar-refractivity contribution >= 4 is 5.97 Å². The molecule has 0 heterocycles. The largest absolute Gasteiger partial charge is 0.569 e. The summed E-state index contributed by atoms with van der Waals surface area (Å²) < 4.78 is 0. The Morgan fingerprint density at radius 1 is 1.48 bits per heavy atom. The molecule has 0 aliphatic heterocycles. The average molecular weight is 301 g/mol. The fourth-order valence-corrected chi connectivity index (χ4v) is 2.40. The van der Waals surface area contributed by atoms with Crippen molar-refractivity contribution in [3.8, 4) is 0 Å². The van der Waals surface area contributed by atoms with E-state index in [4.69, 9.17) is 9.94 Å². The quantitative estimate of drug-likeness (QED) is 0.443. The Labute approximate surface area is 126 Å². The van der Waals surface area contributed by atoms with Crippen molar-refractivity contribution in [1.82, 2.24) is 5.01 Å². The van der Waals surface area contributed by atoms with Gasteiger partial charge in [-0.05, 0) is 40.0 Å². The van der Waals surface area contributed by atoms with Gasteiger partial charge in [0.25, 0.3) is 0 Å². The Morgan fingerprint density at radius 3 is 2.62 bits per heavy atom. The average Bonchev–Trinajstić information content (AvgIpc) is 2.84. The third kappa shape index (κ3) is 5.40. The van der Waals surface area contributed by atoms with E-state index in [1.165, 1.54) is 0 Å². The van der Waals surface area contributed by atoms with Crippen LogP contribution in [0.3, 0.4) is 0 Å². The zero-order valence-electron chi connectivity index (χ0n) is 13.4. The molecule has 0 aromatic rings. The van der Waals surface area contributed by atoms with E-state index >= 15 is 0 Å². The zero-order chi connectivity index (χ0) is 16.0. The second kappa shape index (κ2) is 7.47. The molecule has 0 bridgehead atoms. The summed E-state index contributed by atoms with van der Waals surface area (Å²) >= 11 is 0. The van der Waals surface area contributed by atoms with Crippen molar-refractivity contribution in [3.63, 3.8) is 0 Å². The highest BCUT2D eigenvalue weighted by Crippen LogP contribution is 2.28. The van der Waals surface area contributed by atoms with Crippen molar-refractivity contribution < 1.29 is 19.7 Å². The molecule has 0 saturated heterocycles. The highest BCUT2D eigenvalue weighted by atomic mass is 16.7. The minimum Gasteiger partial charge on any atom is -0.569 e. The zero-order valence-corrected chi connectivity index (χ0v) is 13.4. The first-order chi connectivity index (χ1) is 9.75. The van der Waals surface area contributed by atoms with Gasteiger partial charge in [-0.3, -0.25) is 4.79 Å². The van der Waals surface area contributed by atoms with Crippen LogP contribution in [-0.4, -0.2) is 39.2 Å². The van der Waals surface area contributed by atoms with Crippen molar-refractivity contribution in [2.75, 3.05) is 6.54 Å². The highest BCUT2D eigenvalue weighted by molar-refractivity contribution is 5.70. The first-order valence-corrected chi connectivity index (χ1v) is 7.60. The standard InChI is InChI=1S/C14H27N3O4/c1-5-6-9-16(14(2,3)4)17(20)15-21-12-8-7-11(10-12)13(18)19/h11-12H,5-10H2,1-4H3,(H,18,19)/b17-15+/t11-,12+/m0/s1. The molecule has 0 amide bonds. The van der Waals surface area contributed by atoms with Crippen molar-refractivity contribution in [2.45, 2.75) is 71.4 Å². The van der Waals surface area contributed by atoms with E-state index in [1.807, 2.05) is 20.8 Å². The predicted molar refractivity (Wildman–Crippen MR) is 77.3 cm³/mol. The molecule has 7 heteroatoms. The van der Waals surface area contributed by atoms with Crippen LogP contribution in [0.5, 0.6) is 0 Å². The van der Waals surface area contributed by atoms with Crippen molar-refractivity contribution in [1.29, 1.82) is 0 Å². The van der Waals surface area contributed by atoms with Gasteiger partial charge in [-0.15, -0.1) is 5.01 Å². The maximum atomic E-state index is 12.1. The number of carbonyl (C=O) groups is 1. The molecule has 21 heavy (non-hydrogen) atoms. The normalized spacial score (nSPS) is 23.1. The Bertz CT molecular complexity index is 379. The summed E-state index contributed by atoms with van der Waals surface area (Å²) in [6, 6.07) is 0. The van der Waals surface area contributed by atoms with Gasteiger partial charge in [0.2, 0.25) is 5.28 Å². The summed E-state index contributed by atoms with van der Waals surface area (Å²) in [6.45, 7) is 8.50. The molecule has 122 valence electrons. The maximum absolute atomic E-state index is 12.1. The van der Waals surface area contributed by atoms with E-state index in [-0.39, 0.29) is 17.6 Å². The molecule has 1 aliphatic carbocycles. The lowest BCUT2D eigenvalue weighted by atomic mass is 10.1. The third-order valence-electron chi connectivity index (χ3n) is 3.70. The number of aliphatic carboxylic acids is 1. The molecule has 0 unspecified atom stereocenters. The number of unbranched alkanes of at least 4 members (excludes halogenated alkanes) is 1. The van der Waals surface area contributed by atoms with E-state index in [0.29, 0.717) is 30.8 Å². The minimum atomic E-state index is -0.806. The molecule has 1 fully saturated rings. The van der Waals surface area contributed by atoms with Crippen LogP contribution in [0.25, 0.3) is 0 Å². The Kier molecular flexibility index (Phi) is 6.23. The first-order valence-electron chi connectivity index (χ1n) is 7.60. The summed E-state index contributed by atoms with van der Waals surface area (Å²) in [5.74, 6) is -1.19. The fourth-order valence-electron chi connectivity index (χ4n) is 2.40. The third-order valence-corrected chi connectivity index (χ3v) is 3.70. The molecule has 0 aromatic carbocycles. The number of nitrogens with zero attached hydrogens (tertiary/aromatic N) is 3. The minimum absolute atomic E-state index is 0.282. The second-order valence-corrected chi connectivity index (χ2v) is 6.56. The number of carboxylic acid groups (broad SMARTS) is 1. The summed E-state index contributed by atoms with van der Waals surface area (Å²) in [7, 11) is 0. The van der Waals surface area contributed by atoms with Gasteiger partial charge in [0.05, 0.1) is 23.0 Å². The predicted octanol–water partition coefficient (Wildman–Crippen LogP) is 2.95. The van der Waals surface area contributed by atoms with Crippen LogP contribution in [0.1, 0.15) is 59.8 Å². The van der Waals surface area contributed by atoms with Crippen LogP contribution >= 0.6 is 0 Å². The number of rotatable bonds is 7. The first kappa shape index (κ1) is 17.5. The molecule has 2 atom stereocenters. The summed E-state index contributed by atoms with van der Waals surface area (Å²) in [4.78, 5) is 16.6. The van der Waals surface area contributed by atoms with Crippen LogP contribution in [0.2, 0.25) is 0 Å². The fraction of sp³-hybridized carbons (Fsp3) is 0.929. The van der Waals surface area contributed by atoms with E-state index < -0.39 is 5.97 Å². The highest BCUT2D eigenvalue weighted by Gasteiger charge is 2.33. The molecule has 0 radical (unpaired) electrons. The molecule has 0 aromatic heterocycles. The molecule has 1 N–H and O–H groups in total. The van der Waals surface area contributed by atoms with Gasteiger partial charge in [-0.2, -0.15) is 0 Å². The van der Waals surface area contributed by atoms with Gasteiger partial charge in [-0.1, -0.05) is 13.3 Å². The van der Waals surface area contributed by atoms with Gasteiger partial charge < -0.3 is 15.2 Å². The lowest BCUT2D eigenvalue weighted by Crippen LogP contribution is -2.46. The number of hydrogen-bond donors (Lipinski definition) is 1. The van der Waals surface area contributed by atoms with Crippen LogP contribution < -0.4 is 0 Å².